The summed E-state index contributed by atoms with van der Waals surface area (Å²) in [5.41, 5.74) is 2.49. The Morgan fingerprint density at radius 1 is 1.13 bits per heavy atom. The number of ether oxygens (including phenoxy) is 1. The predicted octanol–water partition coefficient (Wildman–Crippen LogP) is 3.53. The van der Waals surface area contributed by atoms with Crippen LogP contribution in [-0.4, -0.2) is 21.4 Å². The number of phenolic OH excluding ortho intramolecular Hbond substituents is 1. The van der Waals surface area contributed by atoms with Gasteiger partial charge in [0.15, 0.2) is 5.82 Å². The highest BCUT2D eigenvalue weighted by Gasteiger charge is 2.08. The van der Waals surface area contributed by atoms with Crippen molar-refractivity contribution in [3.8, 4) is 17.0 Å². The molecule has 23 heavy (non-hydrogen) atoms. The van der Waals surface area contributed by atoms with Crippen molar-refractivity contribution < 1.29 is 14.6 Å². The molecule has 6 nitrogen and oxygen atoms in total. The zero-order valence-electron chi connectivity index (χ0n) is 12.2. The minimum atomic E-state index is -0.572. The van der Waals surface area contributed by atoms with Crippen LogP contribution in [0.25, 0.3) is 11.3 Å². The summed E-state index contributed by atoms with van der Waals surface area (Å²) in [6.07, 6.45) is -0.572. The van der Waals surface area contributed by atoms with E-state index in [-0.39, 0.29) is 12.4 Å². The molecule has 3 rings (SSSR count). The molecule has 0 bridgehead atoms. The first kappa shape index (κ1) is 14.6. The van der Waals surface area contributed by atoms with Crippen molar-refractivity contribution in [3.05, 3.63) is 66.2 Å². The Labute approximate surface area is 132 Å². The van der Waals surface area contributed by atoms with E-state index in [9.17, 15) is 9.90 Å². The second kappa shape index (κ2) is 6.65. The third-order valence-electron chi connectivity index (χ3n) is 3.20. The number of nitrogens with one attached hydrogen (secondary N) is 2. The van der Waals surface area contributed by atoms with Gasteiger partial charge in [-0.3, -0.25) is 10.4 Å². The summed E-state index contributed by atoms with van der Waals surface area (Å²) in [7, 11) is 0. The van der Waals surface area contributed by atoms with Gasteiger partial charge in [-0.05, 0) is 35.4 Å². The quantitative estimate of drug-likeness (QED) is 0.688. The van der Waals surface area contributed by atoms with Crippen molar-refractivity contribution in [2.75, 3.05) is 5.32 Å². The molecule has 0 atom stereocenters. The molecule has 0 unspecified atom stereocenters. The van der Waals surface area contributed by atoms with Crippen molar-refractivity contribution >= 4 is 11.9 Å². The van der Waals surface area contributed by atoms with Crippen LogP contribution in [0.4, 0.5) is 10.6 Å². The van der Waals surface area contributed by atoms with Crippen LogP contribution in [0.3, 0.4) is 0 Å². The third kappa shape index (κ3) is 3.88. The molecule has 3 aromatic rings. The van der Waals surface area contributed by atoms with E-state index in [1.807, 2.05) is 30.3 Å². The number of phenols is 1. The fraction of sp³-hybridized carbons (Fsp3) is 0.0588. The molecule has 1 amide bonds. The highest BCUT2D eigenvalue weighted by molar-refractivity contribution is 5.84. The van der Waals surface area contributed by atoms with E-state index in [1.54, 1.807) is 30.3 Å². The van der Waals surface area contributed by atoms with Crippen molar-refractivity contribution in [1.82, 2.24) is 10.2 Å². The van der Waals surface area contributed by atoms with Crippen LogP contribution in [0.1, 0.15) is 5.56 Å². The molecular formula is C17H15N3O3. The molecule has 0 aliphatic carbocycles. The highest BCUT2D eigenvalue weighted by atomic mass is 16.5. The number of aromatic nitrogens is 2. The van der Waals surface area contributed by atoms with Crippen molar-refractivity contribution in [2.45, 2.75) is 6.61 Å². The molecular weight excluding hydrogens is 294 g/mol. The number of anilines is 1. The molecule has 116 valence electrons. The van der Waals surface area contributed by atoms with Crippen LogP contribution >= 0.6 is 0 Å². The lowest BCUT2D eigenvalue weighted by Crippen LogP contribution is -2.13. The third-order valence-corrected chi connectivity index (χ3v) is 3.20. The molecule has 3 N–H and O–H groups in total. The maximum absolute atomic E-state index is 11.8. The number of amides is 1. The van der Waals surface area contributed by atoms with Gasteiger partial charge >= 0.3 is 6.09 Å². The number of hydrogen-bond acceptors (Lipinski definition) is 4. The first-order valence-corrected chi connectivity index (χ1v) is 7.03. The topological polar surface area (TPSA) is 87.2 Å². The number of hydrogen-bond donors (Lipinski definition) is 3. The summed E-state index contributed by atoms with van der Waals surface area (Å²) in [5.74, 6) is 0.558. The molecule has 0 fully saturated rings. The maximum Gasteiger partial charge on any atom is 0.413 e. The second-order valence-corrected chi connectivity index (χ2v) is 4.90. The number of benzene rings is 2. The Hall–Kier alpha value is -3.28. The first-order chi connectivity index (χ1) is 11.2. The van der Waals surface area contributed by atoms with E-state index < -0.39 is 6.09 Å². The van der Waals surface area contributed by atoms with Gasteiger partial charge in [0.25, 0.3) is 0 Å². The van der Waals surface area contributed by atoms with Gasteiger partial charge in [-0.15, -0.1) is 0 Å². The van der Waals surface area contributed by atoms with E-state index in [4.69, 9.17) is 4.74 Å². The van der Waals surface area contributed by atoms with Gasteiger partial charge in [-0.2, -0.15) is 5.10 Å². The van der Waals surface area contributed by atoms with Crippen LogP contribution in [-0.2, 0) is 11.3 Å². The molecule has 0 saturated heterocycles. The summed E-state index contributed by atoms with van der Waals surface area (Å²) in [4.78, 5) is 11.8. The Morgan fingerprint density at radius 2 is 1.87 bits per heavy atom. The Bertz CT molecular complexity index is 782. The average molecular weight is 309 g/mol. The monoisotopic (exact) mass is 309 g/mol. The van der Waals surface area contributed by atoms with E-state index in [0.717, 1.165) is 16.8 Å². The van der Waals surface area contributed by atoms with Crippen LogP contribution in [0, 0.1) is 0 Å². The summed E-state index contributed by atoms with van der Waals surface area (Å²) in [6.45, 7) is 0.196. The van der Waals surface area contributed by atoms with Gasteiger partial charge in [0.05, 0.1) is 5.69 Å². The van der Waals surface area contributed by atoms with E-state index in [0.29, 0.717) is 5.82 Å². The molecule has 0 spiro atoms. The zero-order chi connectivity index (χ0) is 16.1. The van der Waals surface area contributed by atoms with Crippen molar-refractivity contribution in [1.29, 1.82) is 0 Å². The van der Waals surface area contributed by atoms with Crippen LogP contribution in [0.5, 0.6) is 5.75 Å². The fourth-order valence-electron chi connectivity index (χ4n) is 2.04. The molecule has 0 aliphatic rings. The number of aromatic hydroxyl groups is 1. The summed E-state index contributed by atoms with van der Waals surface area (Å²) in [5, 5.41) is 18.7. The Balaban J connectivity index is 1.58. The molecule has 0 aliphatic heterocycles. The van der Waals surface area contributed by atoms with Crippen molar-refractivity contribution in [3.63, 3.8) is 0 Å². The van der Waals surface area contributed by atoms with Crippen LogP contribution in [0.2, 0.25) is 0 Å². The summed E-state index contributed by atoms with van der Waals surface area (Å²) >= 11 is 0. The molecule has 0 saturated carbocycles. The van der Waals surface area contributed by atoms with Gasteiger partial charge in [0.1, 0.15) is 12.4 Å². The number of carbonyl (C=O) groups excluding carboxylic acids is 1. The number of rotatable bonds is 4. The van der Waals surface area contributed by atoms with E-state index in [1.165, 1.54) is 0 Å². The average Bonchev–Trinajstić information content (AvgIpc) is 3.03. The minimum Gasteiger partial charge on any atom is -0.508 e. The lowest BCUT2D eigenvalue weighted by Gasteiger charge is -2.04. The number of H-pyrrole nitrogens is 1. The summed E-state index contributed by atoms with van der Waals surface area (Å²) in [6, 6.07) is 17.8. The van der Waals surface area contributed by atoms with Gasteiger partial charge in [0.2, 0.25) is 0 Å². The molecule has 2 aromatic carbocycles. The fourth-order valence-corrected chi connectivity index (χ4v) is 2.04. The zero-order valence-corrected chi connectivity index (χ0v) is 12.2. The number of aromatic amines is 1. The normalized spacial score (nSPS) is 10.3. The highest BCUT2D eigenvalue weighted by Crippen LogP contribution is 2.22. The predicted molar refractivity (Wildman–Crippen MR) is 85.9 cm³/mol. The number of nitrogens with zero attached hydrogens (tertiary/aromatic N) is 1. The van der Waals surface area contributed by atoms with Gasteiger partial charge in [-0.25, -0.2) is 4.79 Å². The van der Waals surface area contributed by atoms with Crippen LogP contribution < -0.4 is 5.32 Å². The SMILES string of the molecule is O=C(Nc1cc(-c2ccc(O)cc2)[nH]n1)OCc1ccccc1. The van der Waals surface area contributed by atoms with E-state index in [2.05, 4.69) is 15.5 Å². The summed E-state index contributed by atoms with van der Waals surface area (Å²) < 4.78 is 5.13. The second-order valence-electron chi connectivity index (χ2n) is 4.90. The molecule has 6 heteroatoms. The maximum atomic E-state index is 11.8. The largest absolute Gasteiger partial charge is 0.508 e. The first-order valence-electron chi connectivity index (χ1n) is 7.03. The number of carbonyl (C=O) groups is 1. The van der Waals surface area contributed by atoms with E-state index >= 15 is 0 Å². The standard InChI is InChI=1S/C17H15N3O3/c21-14-8-6-13(7-9-14)15-10-16(20-19-15)18-17(22)23-11-12-4-2-1-3-5-12/h1-10,21H,11H2,(H2,18,19,20,22). The lowest BCUT2D eigenvalue weighted by atomic mass is 10.1. The molecule has 1 heterocycles. The Kier molecular flexibility index (Phi) is 4.24. The lowest BCUT2D eigenvalue weighted by molar-refractivity contribution is 0.155. The smallest absolute Gasteiger partial charge is 0.413 e. The van der Waals surface area contributed by atoms with Gasteiger partial charge in [-0.1, -0.05) is 30.3 Å². The van der Waals surface area contributed by atoms with Gasteiger partial charge < -0.3 is 9.84 Å². The van der Waals surface area contributed by atoms with Gasteiger partial charge in [0, 0.05) is 6.07 Å². The molecule has 0 radical (unpaired) electrons. The van der Waals surface area contributed by atoms with Crippen molar-refractivity contribution in [2.24, 2.45) is 0 Å². The Morgan fingerprint density at radius 3 is 2.61 bits per heavy atom. The van der Waals surface area contributed by atoms with Crippen LogP contribution in [0.15, 0.2) is 60.7 Å². The minimum absolute atomic E-state index is 0.191. The molecule has 1 aromatic heterocycles.